The number of benzene rings is 1. The smallest absolute Gasteiger partial charge is 0.235 e. The maximum absolute atomic E-state index is 11.8. The average Bonchev–Trinajstić information content (AvgIpc) is 2.43. The summed E-state index contributed by atoms with van der Waals surface area (Å²) >= 11 is 10.9. The van der Waals surface area contributed by atoms with Crippen LogP contribution >= 0.6 is 39.3 Å². The van der Waals surface area contributed by atoms with Crippen LogP contribution in [-0.4, -0.2) is 16.6 Å². The van der Waals surface area contributed by atoms with Crippen LogP contribution in [0.1, 0.15) is 5.56 Å². The molecule has 0 bridgehead atoms. The average molecular weight is 372 g/mol. The van der Waals surface area contributed by atoms with Crippen LogP contribution in [0.15, 0.2) is 47.1 Å². The third-order valence-corrected chi connectivity index (χ3v) is 4.26. The standard InChI is InChI=1S/C14H12BrClN2OS/c15-11-5-6-13(17-7-11)18-14(19)9-20-8-10-3-1-2-4-12(10)16/h1-7H,8-9H2,(H,17,18,19). The number of hydrogen-bond acceptors (Lipinski definition) is 3. The molecule has 0 fully saturated rings. The molecule has 20 heavy (non-hydrogen) atoms. The number of carbonyl (C=O) groups is 1. The predicted molar refractivity (Wildman–Crippen MR) is 88.2 cm³/mol. The van der Waals surface area contributed by atoms with Crippen LogP contribution in [-0.2, 0) is 10.5 Å². The zero-order valence-electron chi connectivity index (χ0n) is 10.5. The lowest BCUT2D eigenvalue weighted by Gasteiger charge is -2.05. The topological polar surface area (TPSA) is 42.0 Å². The molecule has 0 aliphatic heterocycles. The van der Waals surface area contributed by atoms with Crippen molar-refractivity contribution in [3.8, 4) is 0 Å². The van der Waals surface area contributed by atoms with E-state index >= 15 is 0 Å². The SMILES string of the molecule is O=C(CSCc1ccccc1Cl)Nc1ccc(Br)cn1. The van der Waals surface area contributed by atoms with Crippen molar-refractivity contribution >= 4 is 51.0 Å². The molecule has 1 heterocycles. The van der Waals surface area contributed by atoms with Crippen LogP contribution in [0.5, 0.6) is 0 Å². The summed E-state index contributed by atoms with van der Waals surface area (Å²) in [5, 5.41) is 3.48. The molecular formula is C14H12BrClN2OS. The fraction of sp³-hybridized carbons (Fsp3) is 0.143. The fourth-order valence-electron chi connectivity index (χ4n) is 1.50. The molecule has 1 aromatic heterocycles. The van der Waals surface area contributed by atoms with E-state index in [1.165, 1.54) is 11.8 Å². The predicted octanol–water partition coefficient (Wildman–Crippen LogP) is 4.37. The molecule has 1 N–H and O–H groups in total. The molecule has 1 amide bonds. The zero-order chi connectivity index (χ0) is 14.4. The van der Waals surface area contributed by atoms with E-state index < -0.39 is 0 Å². The van der Waals surface area contributed by atoms with Crippen LogP contribution < -0.4 is 5.32 Å². The maximum atomic E-state index is 11.8. The first kappa shape index (κ1) is 15.4. The molecule has 1 aromatic carbocycles. The Morgan fingerprint density at radius 3 is 2.80 bits per heavy atom. The molecule has 104 valence electrons. The summed E-state index contributed by atoms with van der Waals surface area (Å²) in [4.78, 5) is 15.8. The number of anilines is 1. The minimum absolute atomic E-state index is 0.0723. The summed E-state index contributed by atoms with van der Waals surface area (Å²) in [6.45, 7) is 0. The van der Waals surface area contributed by atoms with Gasteiger partial charge in [-0.05, 0) is 39.7 Å². The normalized spacial score (nSPS) is 10.3. The van der Waals surface area contributed by atoms with Crippen molar-refractivity contribution in [3.05, 3.63) is 57.7 Å². The van der Waals surface area contributed by atoms with Gasteiger partial charge in [-0.2, -0.15) is 0 Å². The number of nitrogens with zero attached hydrogens (tertiary/aromatic N) is 1. The summed E-state index contributed by atoms with van der Waals surface area (Å²) in [5.41, 5.74) is 1.04. The molecule has 0 spiro atoms. The molecule has 0 saturated carbocycles. The fourth-order valence-corrected chi connectivity index (χ4v) is 2.85. The molecule has 0 saturated heterocycles. The largest absolute Gasteiger partial charge is 0.310 e. The lowest BCUT2D eigenvalue weighted by Crippen LogP contribution is -2.15. The lowest BCUT2D eigenvalue weighted by atomic mass is 10.2. The van der Waals surface area contributed by atoms with Crippen LogP contribution in [0.25, 0.3) is 0 Å². The molecule has 0 unspecified atom stereocenters. The number of hydrogen-bond donors (Lipinski definition) is 1. The second-order valence-electron chi connectivity index (χ2n) is 3.99. The highest BCUT2D eigenvalue weighted by Gasteiger charge is 2.05. The molecule has 2 rings (SSSR count). The van der Waals surface area contributed by atoms with Crippen LogP contribution in [0, 0.1) is 0 Å². The third-order valence-electron chi connectivity index (χ3n) is 2.44. The number of pyridine rings is 1. The van der Waals surface area contributed by atoms with Gasteiger partial charge in [0, 0.05) is 21.4 Å². The van der Waals surface area contributed by atoms with Crippen LogP contribution in [0.2, 0.25) is 5.02 Å². The molecular weight excluding hydrogens is 360 g/mol. The van der Waals surface area contributed by atoms with Gasteiger partial charge < -0.3 is 5.32 Å². The second-order valence-corrected chi connectivity index (χ2v) is 6.30. The Morgan fingerprint density at radius 2 is 2.10 bits per heavy atom. The summed E-state index contributed by atoms with van der Waals surface area (Å²) < 4.78 is 0.878. The van der Waals surface area contributed by atoms with Crippen LogP contribution in [0.4, 0.5) is 5.82 Å². The molecule has 0 aliphatic carbocycles. The summed E-state index contributed by atoms with van der Waals surface area (Å²) in [5.74, 6) is 1.55. The lowest BCUT2D eigenvalue weighted by molar-refractivity contribution is -0.113. The molecule has 3 nitrogen and oxygen atoms in total. The zero-order valence-corrected chi connectivity index (χ0v) is 13.6. The van der Waals surface area contributed by atoms with Crippen molar-refractivity contribution in [2.24, 2.45) is 0 Å². The van der Waals surface area contributed by atoms with Gasteiger partial charge in [0.05, 0.1) is 5.75 Å². The van der Waals surface area contributed by atoms with Gasteiger partial charge in [-0.3, -0.25) is 4.79 Å². The van der Waals surface area contributed by atoms with Gasteiger partial charge in [-0.15, -0.1) is 11.8 Å². The van der Waals surface area contributed by atoms with Gasteiger partial charge in [-0.25, -0.2) is 4.98 Å². The van der Waals surface area contributed by atoms with Gasteiger partial charge >= 0.3 is 0 Å². The highest BCUT2D eigenvalue weighted by Crippen LogP contribution is 2.20. The summed E-state index contributed by atoms with van der Waals surface area (Å²) in [6, 6.07) is 11.2. The van der Waals surface area contributed by atoms with Crippen molar-refractivity contribution in [3.63, 3.8) is 0 Å². The number of aromatic nitrogens is 1. The number of halogens is 2. The molecule has 0 atom stereocenters. The van der Waals surface area contributed by atoms with Gasteiger partial charge in [0.1, 0.15) is 5.82 Å². The minimum atomic E-state index is -0.0723. The minimum Gasteiger partial charge on any atom is -0.310 e. The summed E-state index contributed by atoms with van der Waals surface area (Å²) in [6.07, 6.45) is 1.65. The van der Waals surface area contributed by atoms with E-state index in [4.69, 9.17) is 11.6 Å². The monoisotopic (exact) mass is 370 g/mol. The Labute approximate surface area is 135 Å². The van der Waals surface area contributed by atoms with Gasteiger partial charge in [0.15, 0.2) is 0 Å². The molecule has 0 aliphatic rings. The van der Waals surface area contributed by atoms with Gasteiger partial charge in [0.2, 0.25) is 5.91 Å². The quantitative estimate of drug-likeness (QED) is 0.848. The van der Waals surface area contributed by atoms with E-state index in [1.807, 2.05) is 30.3 Å². The molecule has 0 radical (unpaired) electrons. The van der Waals surface area contributed by atoms with Gasteiger partial charge in [-0.1, -0.05) is 29.8 Å². The van der Waals surface area contributed by atoms with E-state index in [0.717, 1.165) is 15.1 Å². The number of nitrogens with one attached hydrogen (secondary N) is 1. The Bertz CT molecular complexity index is 592. The Balaban J connectivity index is 1.78. The molecule has 6 heteroatoms. The summed E-state index contributed by atoms with van der Waals surface area (Å²) in [7, 11) is 0. The molecule has 2 aromatic rings. The maximum Gasteiger partial charge on any atom is 0.235 e. The van der Waals surface area contributed by atoms with E-state index in [2.05, 4.69) is 26.2 Å². The van der Waals surface area contributed by atoms with Crippen LogP contribution in [0.3, 0.4) is 0 Å². The first-order valence-corrected chi connectivity index (χ1v) is 8.20. The highest BCUT2D eigenvalue weighted by molar-refractivity contribution is 9.10. The number of thioether (sulfide) groups is 1. The van der Waals surface area contributed by atoms with Crippen molar-refractivity contribution in [1.29, 1.82) is 0 Å². The number of amides is 1. The van der Waals surface area contributed by atoms with E-state index in [1.54, 1.807) is 12.3 Å². The Hall–Kier alpha value is -1.04. The number of carbonyl (C=O) groups excluding carboxylic acids is 1. The number of rotatable bonds is 5. The Kier molecular flexibility index (Phi) is 5.88. The van der Waals surface area contributed by atoms with Gasteiger partial charge in [0.25, 0.3) is 0 Å². The van der Waals surface area contributed by atoms with E-state index in [9.17, 15) is 4.79 Å². The van der Waals surface area contributed by atoms with Crippen molar-refractivity contribution in [2.45, 2.75) is 5.75 Å². The Morgan fingerprint density at radius 1 is 1.30 bits per heavy atom. The highest BCUT2D eigenvalue weighted by atomic mass is 79.9. The van der Waals surface area contributed by atoms with E-state index in [-0.39, 0.29) is 5.91 Å². The second kappa shape index (κ2) is 7.67. The first-order valence-electron chi connectivity index (χ1n) is 5.88. The van der Waals surface area contributed by atoms with E-state index in [0.29, 0.717) is 17.3 Å². The first-order chi connectivity index (χ1) is 9.65. The van der Waals surface area contributed by atoms with Crippen molar-refractivity contribution in [2.75, 3.05) is 11.1 Å². The van der Waals surface area contributed by atoms with Crippen molar-refractivity contribution in [1.82, 2.24) is 4.98 Å². The van der Waals surface area contributed by atoms with Crippen molar-refractivity contribution < 1.29 is 4.79 Å². The third kappa shape index (κ3) is 4.81.